The average molecular weight is 385 g/mol. The van der Waals surface area contributed by atoms with Gasteiger partial charge in [-0.1, -0.05) is 12.1 Å². The van der Waals surface area contributed by atoms with E-state index in [1.165, 1.54) is 12.0 Å². The summed E-state index contributed by atoms with van der Waals surface area (Å²) in [5.74, 6) is 0.710. The largest absolute Gasteiger partial charge is 0.383 e. The molecule has 6 heteroatoms. The lowest BCUT2D eigenvalue weighted by Gasteiger charge is -2.23. The second-order valence-corrected chi connectivity index (χ2v) is 7.76. The fourth-order valence-electron chi connectivity index (χ4n) is 3.93. The number of aromatic nitrogens is 2. The number of benzene rings is 1. The number of hydrogen-bond acceptors (Lipinski definition) is 4. The molecule has 0 saturated carbocycles. The fourth-order valence-corrected chi connectivity index (χ4v) is 3.93. The summed E-state index contributed by atoms with van der Waals surface area (Å²) in [5, 5.41) is 7.90. The van der Waals surface area contributed by atoms with Crippen LogP contribution in [0.4, 0.5) is 0 Å². The van der Waals surface area contributed by atoms with Gasteiger partial charge in [-0.15, -0.1) is 0 Å². The number of nitrogens with zero attached hydrogens (tertiary/aromatic N) is 3. The third kappa shape index (κ3) is 4.80. The minimum Gasteiger partial charge on any atom is -0.383 e. The highest BCUT2D eigenvalue weighted by Gasteiger charge is 2.21. The molecule has 0 bridgehead atoms. The molecule has 0 radical (unpaired) electrons. The van der Waals surface area contributed by atoms with Crippen molar-refractivity contribution >= 4 is 5.91 Å². The SMILES string of the molecule is COCCN(Cc1c(C)nn(C)c1C)C(=O)c1cccc(CC2CCNC2)c1. The number of hydrogen-bond donors (Lipinski definition) is 1. The van der Waals surface area contributed by atoms with Crippen LogP contribution in [-0.4, -0.2) is 53.9 Å². The van der Waals surface area contributed by atoms with E-state index in [4.69, 9.17) is 4.74 Å². The molecule has 1 aliphatic heterocycles. The highest BCUT2D eigenvalue weighted by molar-refractivity contribution is 5.94. The summed E-state index contributed by atoms with van der Waals surface area (Å²) in [6, 6.07) is 8.11. The van der Waals surface area contributed by atoms with Gasteiger partial charge in [0.25, 0.3) is 5.91 Å². The molecule has 1 aromatic carbocycles. The monoisotopic (exact) mass is 384 g/mol. The van der Waals surface area contributed by atoms with E-state index >= 15 is 0 Å². The van der Waals surface area contributed by atoms with Crippen molar-refractivity contribution in [2.45, 2.75) is 33.2 Å². The number of amides is 1. The molecule has 0 spiro atoms. The molecule has 1 amide bonds. The van der Waals surface area contributed by atoms with Crippen LogP contribution in [0.5, 0.6) is 0 Å². The number of carbonyl (C=O) groups is 1. The zero-order valence-electron chi connectivity index (χ0n) is 17.5. The summed E-state index contributed by atoms with van der Waals surface area (Å²) in [6.45, 7) is 7.82. The Morgan fingerprint density at radius 3 is 2.86 bits per heavy atom. The van der Waals surface area contributed by atoms with E-state index in [9.17, 15) is 4.79 Å². The molecule has 28 heavy (non-hydrogen) atoms. The van der Waals surface area contributed by atoms with Crippen molar-refractivity contribution in [1.29, 1.82) is 0 Å². The molecule has 1 fully saturated rings. The standard InChI is InChI=1S/C22H32N4O2/c1-16-21(17(2)25(3)24-16)15-26(10-11-28-4)22(27)20-7-5-6-18(13-20)12-19-8-9-23-14-19/h5-7,13,19,23H,8-12,14-15H2,1-4H3. The Kier molecular flexibility index (Phi) is 6.86. The smallest absolute Gasteiger partial charge is 0.254 e. The molecule has 1 aliphatic rings. The van der Waals surface area contributed by atoms with Gasteiger partial charge in [0, 0.05) is 44.1 Å². The molecule has 2 heterocycles. The molecule has 1 N–H and O–H groups in total. The summed E-state index contributed by atoms with van der Waals surface area (Å²) in [6.07, 6.45) is 2.23. The van der Waals surface area contributed by atoms with E-state index in [-0.39, 0.29) is 5.91 Å². The molecule has 1 aromatic heterocycles. The highest BCUT2D eigenvalue weighted by atomic mass is 16.5. The number of nitrogens with one attached hydrogen (secondary N) is 1. The molecule has 1 atom stereocenters. The predicted octanol–water partition coefficient (Wildman–Crippen LogP) is 2.48. The van der Waals surface area contributed by atoms with Crippen molar-refractivity contribution in [2.75, 3.05) is 33.4 Å². The minimum atomic E-state index is 0.0473. The number of carbonyl (C=O) groups excluding carboxylic acids is 1. The highest BCUT2D eigenvalue weighted by Crippen LogP contribution is 2.19. The van der Waals surface area contributed by atoms with Crippen LogP contribution in [-0.2, 0) is 24.8 Å². The molecule has 152 valence electrons. The van der Waals surface area contributed by atoms with Crippen LogP contribution in [0.25, 0.3) is 0 Å². The van der Waals surface area contributed by atoms with Gasteiger partial charge in [0.05, 0.1) is 12.3 Å². The summed E-state index contributed by atoms with van der Waals surface area (Å²) < 4.78 is 7.13. The first-order valence-electron chi connectivity index (χ1n) is 10.1. The number of methoxy groups -OCH3 is 1. The van der Waals surface area contributed by atoms with Crippen LogP contribution in [0.1, 0.15) is 39.3 Å². The van der Waals surface area contributed by atoms with Gasteiger partial charge >= 0.3 is 0 Å². The van der Waals surface area contributed by atoms with E-state index < -0.39 is 0 Å². The van der Waals surface area contributed by atoms with Gasteiger partial charge in [0.15, 0.2) is 0 Å². The van der Waals surface area contributed by atoms with E-state index in [1.54, 1.807) is 7.11 Å². The van der Waals surface area contributed by atoms with Crippen molar-refractivity contribution in [1.82, 2.24) is 20.0 Å². The summed E-state index contributed by atoms with van der Waals surface area (Å²) in [7, 11) is 3.61. The first kappa shape index (κ1) is 20.6. The molecule has 3 rings (SSSR count). The van der Waals surface area contributed by atoms with Gasteiger partial charge in [-0.3, -0.25) is 9.48 Å². The molecule has 2 aromatic rings. The Morgan fingerprint density at radius 2 is 2.21 bits per heavy atom. The Hall–Kier alpha value is -2.18. The van der Waals surface area contributed by atoms with Crippen molar-refractivity contribution in [3.8, 4) is 0 Å². The van der Waals surface area contributed by atoms with Crippen molar-refractivity contribution in [2.24, 2.45) is 13.0 Å². The Bertz CT molecular complexity index is 809. The fraction of sp³-hybridized carbons (Fsp3) is 0.545. The minimum absolute atomic E-state index is 0.0473. The molecular formula is C22H32N4O2. The lowest BCUT2D eigenvalue weighted by atomic mass is 9.97. The first-order chi connectivity index (χ1) is 13.5. The van der Waals surface area contributed by atoms with Gasteiger partial charge in [-0.25, -0.2) is 0 Å². The van der Waals surface area contributed by atoms with Crippen molar-refractivity contribution in [3.63, 3.8) is 0 Å². The van der Waals surface area contributed by atoms with E-state index in [1.807, 2.05) is 42.6 Å². The summed E-state index contributed by atoms with van der Waals surface area (Å²) in [4.78, 5) is 15.2. The quantitative estimate of drug-likeness (QED) is 0.760. The Labute approximate surface area is 167 Å². The van der Waals surface area contributed by atoms with E-state index in [0.29, 0.717) is 25.6 Å². The molecule has 0 aliphatic carbocycles. The molecular weight excluding hydrogens is 352 g/mol. The predicted molar refractivity (Wildman–Crippen MR) is 110 cm³/mol. The lowest BCUT2D eigenvalue weighted by molar-refractivity contribution is 0.0679. The lowest BCUT2D eigenvalue weighted by Crippen LogP contribution is -2.34. The van der Waals surface area contributed by atoms with Gasteiger partial charge < -0.3 is 15.0 Å². The topological polar surface area (TPSA) is 59.4 Å². The van der Waals surface area contributed by atoms with Gasteiger partial charge in [-0.05, 0) is 63.4 Å². The Balaban J connectivity index is 1.78. The zero-order chi connectivity index (χ0) is 20.1. The van der Waals surface area contributed by atoms with Crippen molar-refractivity contribution < 1.29 is 9.53 Å². The van der Waals surface area contributed by atoms with Gasteiger partial charge in [0.1, 0.15) is 0 Å². The maximum atomic E-state index is 13.3. The van der Waals surface area contributed by atoms with Crippen molar-refractivity contribution in [3.05, 3.63) is 52.3 Å². The average Bonchev–Trinajstić information content (AvgIpc) is 3.28. The Morgan fingerprint density at radius 1 is 1.39 bits per heavy atom. The van der Waals surface area contributed by atoms with E-state index in [0.717, 1.165) is 42.0 Å². The van der Waals surface area contributed by atoms with Crippen LogP contribution in [0, 0.1) is 19.8 Å². The number of ether oxygens (including phenoxy) is 1. The van der Waals surface area contributed by atoms with Gasteiger partial charge in [0.2, 0.25) is 0 Å². The van der Waals surface area contributed by atoms with E-state index in [2.05, 4.69) is 22.5 Å². The maximum Gasteiger partial charge on any atom is 0.254 e. The second-order valence-electron chi connectivity index (χ2n) is 7.76. The molecule has 6 nitrogen and oxygen atoms in total. The second kappa shape index (κ2) is 9.34. The number of aryl methyl sites for hydroxylation is 2. The third-order valence-electron chi connectivity index (χ3n) is 5.72. The summed E-state index contributed by atoms with van der Waals surface area (Å²) in [5.41, 5.74) is 5.16. The normalized spacial score (nSPS) is 16.5. The third-order valence-corrected chi connectivity index (χ3v) is 5.72. The first-order valence-corrected chi connectivity index (χ1v) is 10.1. The van der Waals surface area contributed by atoms with Crippen LogP contribution in [0.15, 0.2) is 24.3 Å². The van der Waals surface area contributed by atoms with Crippen LogP contribution >= 0.6 is 0 Å². The van der Waals surface area contributed by atoms with Crippen LogP contribution in [0.3, 0.4) is 0 Å². The zero-order valence-corrected chi connectivity index (χ0v) is 17.5. The maximum absolute atomic E-state index is 13.3. The number of rotatable bonds is 8. The van der Waals surface area contributed by atoms with Crippen LogP contribution < -0.4 is 5.32 Å². The van der Waals surface area contributed by atoms with Crippen LogP contribution in [0.2, 0.25) is 0 Å². The van der Waals surface area contributed by atoms with Gasteiger partial charge in [-0.2, -0.15) is 5.10 Å². The molecule has 1 unspecified atom stereocenters. The summed E-state index contributed by atoms with van der Waals surface area (Å²) >= 11 is 0. The molecule has 1 saturated heterocycles.